The van der Waals surface area contributed by atoms with Crippen LogP contribution in [0.1, 0.15) is 57.1 Å². The van der Waals surface area contributed by atoms with E-state index in [9.17, 15) is 13.2 Å². The fourth-order valence-corrected chi connectivity index (χ4v) is 2.27. The highest BCUT2D eigenvalue weighted by Crippen LogP contribution is 2.32. The second-order valence-corrected chi connectivity index (χ2v) is 5.01. The lowest BCUT2D eigenvalue weighted by molar-refractivity contribution is -0.275. The molecular formula is C15H23F3N2O. The van der Waals surface area contributed by atoms with Gasteiger partial charge in [0.2, 0.25) is 0 Å². The number of unbranched alkanes of at least 4 members (excludes halogenated alkanes) is 4. The van der Waals surface area contributed by atoms with Crippen LogP contribution in [-0.4, -0.2) is 6.36 Å². The van der Waals surface area contributed by atoms with Crippen molar-refractivity contribution < 1.29 is 17.9 Å². The highest BCUT2D eigenvalue weighted by molar-refractivity contribution is 5.36. The molecule has 0 fully saturated rings. The first kappa shape index (κ1) is 17.8. The smallest absolute Gasteiger partial charge is 0.405 e. The number of nitrogens with one attached hydrogen (secondary N) is 1. The molecule has 6 heteroatoms. The number of hydrazine groups is 1. The summed E-state index contributed by atoms with van der Waals surface area (Å²) in [5.74, 6) is 5.30. The molecule has 3 nitrogen and oxygen atoms in total. The molecule has 0 heterocycles. The topological polar surface area (TPSA) is 47.3 Å². The van der Waals surface area contributed by atoms with E-state index in [1.165, 1.54) is 18.6 Å². The second-order valence-electron chi connectivity index (χ2n) is 5.01. The van der Waals surface area contributed by atoms with E-state index in [0.29, 0.717) is 12.0 Å². The van der Waals surface area contributed by atoms with Crippen molar-refractivity contribution in [1.82, 2.24) is 5.43 Å². The minimum absolute atomic E-state index is 0.193. The summed E-state index contributed by atoms with van der Waals surface area (Å²) >= 11 is 0. The highest BCUT2D eigenvalue weighted by atomic mass is 19.4. The van der Waals surface area contributed by atoms with Gasteiger partial charge < -0.3 is 4.74 Å². The fraction of sp³-hybridized carbons (Fsp3) is 0.600. The van der Waals surface area contributed by atoms with Gasteiger partial charge in [0.25, 0.3) is 0 Å². The Bertz CT molecular complexity index is 410. The van der Waals surface area contributed by atoms with Gasteiger partial charge in [-0.3, -0.25) is 11.3 Å². The molecule has 0 radical (unpaired) electrons. The minimum Gasteiger partial charge on any atom is -0.405 e. The molecule has 0 aliphatic rings. The number of hydrogen-bond donors (Lipinski definition) is 2. The molecule has 1 rings (SSSR count). The molecule has 1 unspecified atom stereocenters. The highest BCUT2D eigenvalue weighted by Gasteiger charge is 2.32. The van der Waals surface area contributed by atoms with E-state index < -0.39 is 6.36 Å². The van der Waals surface area contributed by atoms with Crippen molar-refractivity contribution in [3.05, 3.63) is 29.8 Å². The third-order valence-corrected chi connectivity index (χ3v) is 3.32. The van der Waals surface area contributed by atoms with Crippen molar-refractivity contribution in [2.24, 2.45) is 5.84 Å². The summed E-state index contributed by atoms with van der Waals surface area (Å²) in [6.45, 7) is 2.13. The van der Waals surface area contributed by atoms with Crippen molar-refractivity contribution in [3.63, 3.8) is 0 Å². The van der Waals surface area contributed by atoms with Gasteiger partial charge in [0.1, 0.15) is 5.75 Å². The first-order chi connectivity index (χ1) is 9.98. The van der Waals surface area contributed by atoms with Crippen molar-refractivity contribution in [1.29, 1.82) is 0 Å². The van der Waals surface area contributed by atoms with Crippen LogP contribution in [0, 0.1) is 0 Å². The third kappa shape index (κ3) is 6.82. The first-order valence-corrected chi connectivity index (χ1v) is 7.28. The Morgan fingerprint density at radius 2 is 1.81 bits per heavy atom. The van der Waals surface area contributed by atoms with Crippen LogP contribution in [0.3, 0.4) is 0 Å². The molecule has 0 saturated carbocycles. The lowest BCUT2D eigenvalue weighted by atomic mass is 9.99. The minimum atomic E-state index is -4.70. The monoisotopic (exact) mass is 304 g/mol. The Balaban J connectivity index is 2.67. The number of alkyl halides is 3. The van der Waals surface area contributed by atoms with E-state index in [2.05, 4.69) is 17.1 Å². The standard InChI is InChI=1S/C15H23F3N2O/c1-2-3-4-5-6-10-13(20-19)12-9-7-8-11-14(12)21-15(16,17)18/h7-9,11,13,20H,2-6,10,19H2,1H3. The van der Waals surface area contributed by atoms with Crippen LogP contribution in [0.4, 0.5) is 13.2 Å². The van der Waals surface area contributed by atoms with Crippen molar-refractivity contribution >= 4 is 0 Å². The van der Waals surface area contributed by atoms with E-state index in [4.69, 9.17) is 5.84 Å². The Morgan fingerprint density at radius 3 is 2.43 bits per heavy atom. The molecule has 0 aliphatic carbocycles. The third-order valence-electron chi connectivity index (χ3n) is 3.32. The van der Waals surface area contributed by atoms with E-state index in [0.717, 1.165) is 25.7 Å². The van der Waals surface area contributed by atoms with Crippen LogP contribution in [0.15, 0.2) is 24.3 Å². The molecule has 0 spiro atoms. The van der Waals surface area contributed by atoms with Gasteiger partial charge in [-0.1, -0.05) is 57.2 Å². The van der Waals surface area contributed by atoms with Gasteiger partial charge in [-0.05, 0) is 12.5 Å². The fourth-order valence-electron chi connectivity index (χ4n) is 2.27. The quantitative estimate of drug-likeness (QED) is 0.402. The average molecular weight is 304 g/mol. The molecule has 0 amide bonds. The number of rotatable bonds is 9. The number of ether oxygens (including phenoxy) is 1. The van der Waals surface area contributed by atoms with Crippen LogP contribution in [0.25, 0.3) is 0 Å². The summed E-state index contributed by atoms with van der Waals surface area (Å²) in [6.07, 6.45) is 1.40. The molecule has 21 heavy (non-hydrogen) atoms. The predicted octanol–water partition coefficient (Wildman–Crippen LogP) is 4.45. The summed E-state index contributed by atoms with van der Waals surface area (Å²) in [6, 6.07) is 5.77. The van der Waals surface area contributed by atoms with Crippen LogP contribution in [-0.2, 0) is 0 Å². The number of para-hydroxylation sites is 1. The van der Waals surface area contributed by atoms with Gasteiger partial charge in [-0.2, -0.15) is 0 Å². The summed E-state index contributed by atoms with van der Waals surface area (Å²) < 4.78 is 41.3. The molecule has 0 bridgehead atoms. The maximum Gasteiger partial charge on any atom is 0.573 e. The number of nitrogens with two attached hydrogens (primary N) is 1. The largest absolute Gasteiger partial charge is 0.573 e. The van der Waals surface area contributed by atoms with Crippen molar-refractivity contribution in [2.75, 3.05) is 0 Å². The molecule has 0 aromatic heterocycles. The zero-order valence-corrected chi connectivity index (χ0v) is 12.2. The molecule has 1 aromatic rings. The predicted molar refractivity (Wildman–Crippen MR) is 76.6 cm³/mol. The Kier molecular flexibility index (Phi) is 7.53. The maximum atomic E-state index is 12.4. The zero-order chi connectivity index (χ0) is 15.7. The van der Waals surface area contributed by atoms with Crippen molar-refractivity contribution in [2.45, 2.75) is 57.9 Å². The van der Waals surface area contributed by atoms with E-state index >= 15 is 0 Å². The zero-order valence-electron chi connectivity index (χ0n) is 12.2. The van der Waals surface area contributed by atoms with Crippen LogP contribution >= 0.6 is 0 Å². The molecule has 1 aromatic carbocycles. The first-order valence-electron chi connectivity index (χ1n) is 7.28. The lowest BCUT2D eigenvalue weighted by Gasteiger charge is -2.20. The van der Waals surface area contributed by atoms with Gasteiger partial charge in [0, 0.05) is 11.6 Å². The van der Waals surface area contributed by atoms with E-state index in [-0.39, 0.29) is 11.8 Å². The molecule has 0 saturated heterocycles. The second kappa shape index (κ2) is 8.89. The van der Waals surface area contributed by atoms with E-state index in [1.54, 1.807) is 12.1 Å². The molecule has 3 N–H and O–H groups in total. The van der Waals surface area contributed by atoms with Gasteiger partial charge in [-0.15, -0.1) is 13.2 Å². The summed E-state index contributed by atoms with van der Waals surface area (Å²) in [5, 5.41) is 0. The van der Waals surface area contributed by atoms with Gasteiger partial charge in [0.15, 0.2) is 0 Å². The maximum absolute atomic E-state index is 12.4. The SMILES string of the molecule is CCCCCCCC(NN)c1ccccc1OC(F)(F)F. The molecule has 1 atom stereocenters. The van der Waals surface area contributed by atoms with E-state index in [1.807, 2.05) is 0 Å². The number of halogens is 3. The van der Waals surface area contributed by atoms with Gasteiger partial charge >= 0.3 is 6.36 Å². The molecular weight excluding hydrogens is 281 g/mol. The number of benzene rings is 1. The van der Waals surface area contributed by atoms with Crippen LogP contribution in [0.5, 0.6) is 5.75 Å². The Hall–Kier alpha value is -1.27. The van der Waals surface area contributed by atoms with Gasteiger partial charge in [0.05, 0.1) is 0 Å². The molecule has 120 valence electrons. The lowest BCUT2D eigenvalue weighted by Crippen LogP contribution is -2.29. The summed E-state index contributed by atoms with van der Waals surface area (Å²) in [7, 11) is 0. The molecule has 0 aliphatic heterocycles. The summed E-state index contributed by atoms with van der Waals surface area (Å²) in [4.78, 5) is 0. The van der Waals surface area contributed by atoms with Crippen LogP contribution < -0.4 is 16.0 Å². The Labute approximate surface area is 123 Å². The number of hydrogen-bond acceptors (Lipinski definition) is 3. The van der Waals surface area contributed by atoms with Gasteiger partial charge in [-0.25, -0.2) is 0 Å². The summed E-state index contributed by atoms with van der Waals surface area (Å²) in [5.41, 5.74) is 3.03. The Morgan fingerprint density at radius 1 is 1.14 bits per heavy atom. The average Bonchev–Trinajstić information content (AvgIpc) is 2.42. The van der Waals surface area contributed by atoms with Crippen molar-refractivity contribution in [3.8, 4) is 5.75 Å². The van der Waals surface area contributed by atoms with Crippen LogP contribution in [0.2, 0.25) is 0 Å². The normalized spacial score (nSPS) is 13.2.